The number of pyridine rings is 1. The Bertz CT molecular complexity index is 325. The highest BCUT2D eigenvalue weighted by Crippen LogP contribution is 2.14. The van der Waals surface area contributed by atoms with Gasteiger partial charge in [-0.3, -0.25) is 10.2 Å². The lowest BCUT2D eigenvalue weighted by atomic mass is 10.2. The molecule has 0 saturated carbocycles. The standard InChI is InChI=1S/C8H11N3O2/c1-5-3-4-6(7(12)11-9)8(10-5)13-2/h3-4H,9H2,1-2H3,(H,11,12). The summed E-state index contributed by atoms with van der Waals surface area (Å²) in [5, 5.41) is 0. The second kappa shape index (κ2) is 3.86. The molecule has 13 heavy (non-hydrogen) atoms. The van der Waals surface area contributed by atoms with Gasteiger partial charge in [0.15, 0.2) is 0 Å². The van der Waals surface area contributed by atoms with Gasteiger partial charge in [-0.2, -0.15) is 0 Å². The first-order valence-corrected chi connectivity index (χ1v) is 3.71. The fraction of sp³-hybridized carbons (Fsp3) is 0.250. The van der Waals surface area contributed by atoms with E-state index in [1.54, 1.807) is 12.1 Å². The van der Waals surface area contributed by atoms with Crippen molar-refractivity contribution in [1.82, 2.24) is 10.4 Å². The number of nitrogen functional groups attached to an aromatic ring is 1. The van der Waals surface area contributed by atoms with Crippen LogP contribution in [0, 0.1) is 6.92 Å². The lowest BCUT2D eigenvalue weighted by molar-refractivity contribution is 0.0950. The first kappa shape index (κ1) is 9.47. The fourth-order valence-corrected chi connectivity index (χ4v) is 0.939. The summed E-state index contributed by atoms with van der Waals surface area (Å²) in [6.45, 7) is 1.81. The Morgan fingerprint density at radius 3 is 2.85 bits per heavy atom. The predicted molar refractivity (Wildman–Crippen MR) is 47.2 cm³/mol. The Balaban J connectivity index is 3.13. The Morgan fingerprint density at radius 2 is 2.31 bits per heavy atom. The molecule has 0 bridgehead atoms. The number of methoxy groups -OCH3 is 1. The van der Waals surface area contributed by atoms with Crippen LogP contribution >= 0.6 is 0 Å². The van der Waals surface area contributed by atoms with Gasteiger partial charge in [-0.05, 0) is 19.1 Å². The van der Waals surface area contributed by atoms with Crippen LogP contribution in [-0.2, 0) is 0 Å². The summed E-state index contributed by atoms with van der Waals surface area (Å²) in [5.41, 5.74) is 3.13. The highest BCUT2D eigenvalue weighted by molar-refractivity contribution is 5.95. The van der Waals surface area contributed by atoms with Gasteiger partial charge < -0.3 is 4.74 Å². The average molecular weight is 181 g/mol. The van der Waals surface area contributed by atoms with Crippen molar-refractivity contribution in [3.05, 3.63) is 23.4 Å². The van der Waals surface area contributed by atoms with E-state index in [9.17, 15) is 4.79 Å². The van der Waals surface area contributed by atoms with Crippen molar-refractivity contribution >= 4 is 5.91 Å². The van der Waals surface area contributed by atoms with Gasteiger partial charge in [-0.1, -0.05) is 0 Å². The summed E-state index contributed by atoms with van der Waals surface area (Å²) in [6, 6.07) is 3.33. The summed E-state index contributed by atoms with van der Waals surface area (Å²) < 4.78 is 4.92. The summed E-state index contributed by atoms with van der Waals surface area (Å²) in [4.78, 5) is 15.2. The van der Waals surface area contributed by atoms with E-state index in [0.29, 0.717) is 5.56 Å². The second-order valence-electron chi connectivity index (χ2n) is 2.48. The minimum absolute atomic E-state index is 0.281. The van der Waals surface area contributed by atoms with Crippen LogP contribution in [-0.4, -0.2) is 18.0 Å². The number of nitrogens with one attached hydrogen (secondary N) is 1. The maximum Gasteiger partial charge on any atom is 0.270 e. The van der Waals surface area contributed by atoms with Crippen LogP contribution in [0.3, 0.4) is 0 Å². The molecule has 1 heterocycles. The molecule has 0 aliphatic carbocycles. The Labute approximate surface area is 75.9 Å². The van der Waals surface area contributed by atoms with E-state index in [1.807, 2.05) is 12.3 Å². The van der Waals surface area contributed by atoms with Gasteiger partial charge in [-0.25, -0.2) is 10.8 Å². The molecule has 1 aromatic rings. The van der Waals surface area contributed by atoms with Crippen molar-refractivity contribution in [3.8, 4) is 5.88 Å². The van der Waals surface area contributed by atoms with Gasteiger partial charge in [0.1, 0.15) is 5.56 Å². The van der Waals surface area contributed by atoms with Gasteiger partial charge in [0.05, 0.1) is 7.11 Å². The molecule has 0 aromatic carbocycles. The number of nitrogens with two attached hydrogens (primary N) is 1. The number of aryl methyl sites for hydroxylation is 1. The minimum Gasteiger partial charge on any atom is -0.480 e. The van der Waals surface area contributed by atoms with Crippen molar-refractivity contribution in [2.45, 2.75) is 6.92 Å². The highest BCUT2D eigenvalue weighted by Gasteiger charge is 2.11. The van der Waals surface area contributed by atoms with Crippen molar-refractivity contribution in [2.75, 3.05) is 7.11 Å². The van der Waals surface area contributed by atoms with Crippen molar-refractivity contribution in [3.63, 3.8) is 0 Å². The van der Waals surface area contributed by atoms with E-state index in [1.165, 1.54) is 7.11 Å². The number of hydrazine groups is 1. The Kier molecular flexibility index (Phi) is 2.81. The number of nitrogens with zero attached hydrogens (tertiary/aromatic N) is 1. The zero-order valence-corrected chi connectivity index (χ0v) is 7.50. The lowest BCUT2D eigenvalue weighted by Crippen LogP contribution is -2.30. The van der Waals surface area contributed by atoms with Crippen LogP contribution in [0.15, 0.2) is 12.1 Å². The maximum absolute atomic E-state index is 11.1. The number of hydrogen-bond acceptors (Lipinski definition) is 4. The third kappa shape index (κ3) is 1.94. The summed E-state index contributed by atoms with van der Waals surface area (Å²) in [5.74, 6) is 4.85. The predicted octanol–water partition coefficient (Wildman–Crippen LogP) is 0.00212. The Morgan fingerprint density at radius 1 is 1.62 bits per heavy atom. The number of carbonyl (C=O) groups excluding carboxylic acids is 1. The van der Waals surface area contributed by atoms with Crippen molar-refractivity contribution in [1.29, 1.82) is 0 Å². The van der Waals surface area contributed by atoms with E-state index in [0.717, 1.165) is 5.69 Å². The van der Waals surface area contributed by atoms with Gasteiger partial charge in [0.25, 0.3) is 5.91 Å². The zero-order chi connectivity index (χ0) is 9.84. The van der Waals surface area contributed by atoms with Crippen LogP contribution in [0.5, 0.6) is 5.88 Å². The third-order valence-corrected chi connectivity index (χ3v) is 1.57. The molecule has 1 rings (SSSR count). The minimum atomic E-state index is -0.413. The van der Waals surface area contributed by atoms with E-state index in [-0.39, 0.29) is 5.88 Å². The van der Waals surface area contributed by atoms with Crippen LogP contribution in [0.2, 0.25) is 0 Å². The lowest BCUT2D eigenvalue weighted by Gasteiger charge is -2.05. The molecule has 0 spiro atoms. The quantitative estimate of drug-likeness (QED) is 0.382. The maximum atomic E-state index is 11.1. The number of ether oxygens (including phenoxy) is 1. The number of aromatic nitrogens is 1. The fourth-order valence-electron chi connectivity index (χ4n) is 0.939. The molecule has 0 aliphatic heterocycles. The van der Waals surface area contributed by atoms with Gasteiger partial charge >= 0.3 is 0 Å². The van der Waals surface area contributed by atoms with Crippen LogP contribution in [0.4, 0.5) is 0 Å². The van der Waals surface area contributed by atoms with E-state index < -0.39 is 5.91 Å². The molecule has 5 nitrogen and oxygen atoms in total. The summed E-state index contributed by atoms with van der Waals surface area (Å²) in [7, 11) is 1.45. The summed E-state index contributed by atoms with van der Waals surface area (Å²) in [6.07, 6.45) is 0. The summed E-state index contributed by atoms with van der Waals surface area (Å²) >= 11 is 0. The van der Waals surface area contributed by atoms with Gasteiger partial charge in [-0.15, -0.1) is 0 Å². The largest absolute Gasteiger partial charge is 0.480 e. The van der Waals surface area contributed by atoms with E-state index in [2.05, 4.69) is 4.98 Å². The number of hydrogen-bond donors (Lipinski definition) is 2. The second-order valence-corrected chi connectivity index (χ2v) is 2.48. The number of amides is 1. The average Bonchev–Trinajstić information content (AvgIpc) is 2.16. The van der Waals surface area contributed by atoms with Gasteiger partial charge in [0, 0.05) is 5.69 Å². The third-order valence-electron chi connectivity index (χ3n) is 1.57. The molecule has 0 radical (unpaired) electrons. The molecule has 70 valence electrons. The SMILES string of the molecule is COc1nc(C)ccc1C(=O)NN. The van der Waals surface area contributed by atoms with Crippen LogP contribution in [0.1, 0.15) is 16.1 Å². The molecule has 0 fully saturated rings. The molecule has 0 aliphatic rings. The molecule has 0 saturated heterocycles. The number of rotatable bonds is 2. The van der Waals surface area contributed by atoms with E-state index >= 15 is 0 Å². The molecule has 0 atom stereocenters. The molecule has 1 aromatic heterocycles. The zero-order valence-electron chi connectivity index (χ0n) is 7.50. The molecule has 3 N–H and O–H groups in total. The van der Waals surface area contributed by atoms with E-state index in [4.69, 9.17) is 10.6 Å². The first-order chi connectivity index (χ1) is 6.19. The van der Waals surface area contributed by atoms with Crippen molar-refractivity contribution < 1.29 is 9.53 Å². The van der Waals surface area contributed by atoms with Crippen LogP contribution < -0.4 is 16.0 Å². The normalized spacial score (nSPS) is 9.46. The molecule has 0 unspecified atom stereocenters. The molecular weight excluding hydrogens is 170 g/mol. The monoisotopic (exact) mass is 181 g/mol. The topological polar surface area (TPSA) is 77.2 Å². The Hall–Kier alpha value is -1.62. The molecular formula is C8H11N3O2. The smallest absolute Gasteiger partial charge is 0.270 e. The first-order valence-electron chi connectivity index (χ1n) is 3.71. The molecule has 5 heteroatoms. The van der Waals surface area contributed by atoms with Crippen LogP contribution in [0.25, 0.3) is 0 Å². The molecule has 1 amide bonds. The highest BCUT2D eigenvalue weighted by atomic mass is 16.5. The number of carbonyl (C=O) groups is 1. The van der Waals surface area contributed by atoms with Crippen molar-refractivity contribution in [2.24, 2.45) is 5.84 Å². The van der Waals surface area contributed by atoms with Gasteiger partial charge in [0.2, 0.25) is 5.88 Å².